The molecule has 1 rings (SSSR count). The van der Waals surface area contributed by atoms with Crippen molar-refractivity contribution in [1.82, 2.24) is 4.31 Å². The molecule has 2 N–H and O–H groups in total. The fourth-order valence-corrected chi connectivity index (χ4v) is 3.32. The molecule has 0 atom stereocenters. The summed E-state index contributed by atoms with van der Waals surface area (Å²) in [5, 5.41) is 0. The third-order valence-electron chi connectivity index (χ3n) is 2.58. The highest BCUT2D eigenvalue weighted by Crippen LogP contribution is 2.25. The van der Waals surface area contributed by atoms with Gasteiger partial charge < -0.3 is 5.73 Å². The zero-order valence-electron chi connectivity index (χ0n) is 10.6. The average molecular weight is 314 g/mol. The fourth-order valence-electron chi connectivity index (χ4n) is 1.64. The monoisotopic (exact) mass is 314 g/mol. The van der Waals surface area contributed by atoms with Gasteiger partial charge in [-0.2, -0.15) is 17.5 Å². The predicted octanol–water partition coefficient (Wildman–Crippen LogP) is 1.86. The Bertz CT molecular complexity index is 572. The molecule has 0 heterocycles. The molecule has 0 amide bonds. The minimum absolute atomic E-state index is 0.0621. The molecule has 1 aromatic carbocycles. The summed E-state index contributed by atoms with van der Waals surface area (Å²) in [7, 11) is -4.46. The number of rotatable bonds is 5. The molecule has 114 valence electrons. The SMILES string of the molecule is CCN(CC(F)(F)F)S(=O)(=O)c1cc(F)ccc1CN. The van der Waals surface area contributed by atoms with E-state index in [2.05, 4.69) is 0 Å². The second-order valence-corrected chi connectivity index (χ2v) is 5.91. The van der Waals surface area contributed by atoms with Crippen LogP contribution in [0.15, 0.2) is 23.1 Å². The van der Waals surface area contributed by atoms with Crippen LogP contribution in [0.1, 0.15) is 12.5 Å². The summed E-state index contributed by atoms with van der Waals surface area (Å²) in [5.74, 6) is -0.858. The first-order chi connectivity index (χ1) is 9.11. The standard InChI is InChI=1S/C11H14F4N2O2S/c1-2-17(7-11(13,14)15)20(18,19)10-5-9(12)4-3-8(10)6-16/h3-5H,2,6-7,16H2,1H3. The van der Waals surface area contributed by atoms with E-state index in [1.807, 2.05) is 0 Å². The van der Waals surface area contributed by atoms with Gasteiger partial charge in [-0.3, -0.25) is 0 Å². The first-order valence-corrected chi connectivity index (χ1v) is 7.11. The Morgan fingerprint density at radius 1 is 1.30 bits per heavy atom. The van der Waals surface area contributed by atoms with Crippen LogP contribution < -0.4 is 5.73 Å². The van der Waals surface area contributed by atoms with Crippen LogP contribution >= 0.6 is 0 Å². The van der Waals surface area contributed by atoms with Gasteiger partial charge in [0.2, 0.25) is 10.0 Å². The molecule has 0 fully saturated rings. The molecule has 20 heavy (non-hydrogen) atoms. The number of hydrogen-bond acceptors (Lipinski definition) is 3. The number of benzene rings is 1. The van der Waals surface area contributed by atoms with E-state index < -0.39 is 33.5 Å². The maximum atomic E-state index is 13.2. The molecule has 0 aliphatic heterocycles. The van der Waals surface area contributed by atoms with Crippen molar-refractivity contribution in [2.75, 3.05) is 13.1 Å². The minimum atomic E-state index is -4.68. The van der Waals surface area contributed by atoms with E-state index in [4.69, 9.17) is 5.73 Å². The predicted molar refractivity (Wildman–Crippen MR) is 64.8 cm³/mol. The molecule has 0 saturated carbocycles. The van der Waals surface area contributed by atoms with Gasteiger partial charge in [0.15, 0.2) is 0 Å². The van der Waals surface area contributed by atoms with Crippen molar-refractivity contribution in [2.45, 2.75) is 24.5 Å². The molecule has 0 saturated heterocycles. The fraction of sp³-hybridized carbons (Fsp3) is 0.455. The van der Waals surface area contributed by atoms with Gasteiger partial charge in [-0.1, -0.05) is 13.0 Å². The summed E-state index contributed by atoms with van der Waals surface area (Å²) in [6, 6.07) is 2.82. The first-order valence-electron chi connectivity index (χ1n) is 5.67. The van der Waals surface area contributed by atoms with Crippen LogP contribution in [0.25, 0.3) is 0 Å². The second-order valence-electron chi connectivity index (χ2n) is 4.00. The van der Waals surface area contributed by atoms with Gasteiger partial charge in [0.25, 0.3) is 0 Å². The maximum absolute atomic E-state index is 13.2. The number of sulfonamides is 1. The Morgan fingerprint density at radius 3 is 2.35 bits per heavy atom. The van der Waals surface area contributed by atoms with E-state index in [-0.39, 0.29) is 23.0 Å². The van der Waals surface area contributed by atoms with E-state index in [0.717, 1.165) is 12.1 Å². The zero-order valence-corrected chi connectivity index (χ0v) is 11.4. The summed E-state index contributed by atoms with van der Waals surface area (Å²) >= 11 is 0. The largest absolute Gasteiger partial charge is 0.402 e. The molecule has 9 heteroatoms. The molecular formula is C11H14F4N2O2S. The van der Waals surface area contributed by atoms with Crippen molar-refractivity contribution in [1.29, 1.82) is 0 Å². The van der Waals surface area contributed by atoms with Gasteiger partial charge in [0.05, 0.1) is 4.90 Å². The van der Waals surface area contributed by atoms with Gasteiger partial charge >= 0.3 is 6.18 Å². The molecule has 0 unspecified atom stereocenters. The van der Waals surface area contributed by atoms with Gasteiger partial charge in [0, 0.05) is 13.1 Å². The lowest BCUT2D eigenvalue weighted by atomic mass is 10.2. The molecule has 0 bridgehead atoms. The number of hydrogen-bond donors (Lipinski definition) is 1. The quantitative estimate of drug-likeness (QED) is 0.844. The molecule has 0 aliphatic carbocycles. The molecule has 0 aliphatic rings. The van der Waals surface area contributed by atoms with Gasteiger partial charge in [-0.25, -0.2) is 12.8 Å². The normalized spacial score (nSPS) is 12.9. The van der Waals surface area contributed by atoms with Crippen LogP contribution in [0.2, 0.25) is 0 Å². The van der Waals surface area contributed by atoms with Crippen molar-refractivity contribution in [2.24, 2.45) is 5.73 Å². The molecule has 0 spiro atoms. The minimum Gasteiger partial charge on any atom is -0.326 e. The van der Waals surface area contributed by atoms with Crippen LogP contribution in [0, 0.1) is 5.82 Å². The van der Waals surface area contributed by atoms with Crippen LogP contribution in [-0.2, 0) is 16.6 Å². The smallest absolute Gasteiger partial charge is 0.326 e. The Balaban J connectivity index is 3.30. The van der Waals surface area contributed by atoms with Crippen LogP contribution in [0.5, 0.6) is 0 Å². The number of halogens is 4. The Hall–Kier alpha value is -1.19. The number of nitrogens with zero attached hydrogens (tertiary/aromatic N) is 1. The van der Waals surface area contributed by atoms with E-state index in [9.17, 15) is 26.0 Å². The van der Waals surface area contributed by atoms with Gasteiger partial charge in [-0.05, 0) is 17.7 Å². The summed E-state index contributed by atoms with van der Waals surface area (Å²) < 4.78 is 75.0. The summed E-state index contributed by atoms with van der Waals surface area (Å²) in [5.41, 5.74) is 5.40. The van der Waals surface area contributed by atoms with Crippen LogP contribution in [-0.4, -0.2) is 32.0 Å². The van der Waals surface area contributed by atoms with Crippen molar-refractivity contribution in [3.8, 4) is 0 Å². The molecule has 4 nitrogen and oxygen atoms in total. The van der Waals surface area contributed by atoms with E-state index in [0.29, 0.717) is 6.07 Å². The van der Waals surface area contributed by atoms with Crippen molar-refractivity contribution < 1.29 is 26.0 Å². The number of nitrogens with two attached hydrogens (primary N) is 1. The van der Waals surface area contributed by atoms with E-state index in [1.165, 1.54) is 6.92 Å². The van der Waals surface area contributed by atoms with Crippen molar-refractivity contribution >= 4 is 10.0 Å². The molecule has 1 aromatic rings. The second kappa shape index (κ2) is 6.06. The number of alkyl halides is 3. The maximum Gasteiger partial charge on any atom is 0.402 e. The molecule has 0 aromatic heterocycles. The van der Waals surface area contributed by atoms with Crippen molar-refractivity contribution in [3.05, 3.63) is 29.6 Å². The highest BCUT2D eigenvalue weighted by atomic mass is 32.2. The lowest BCUT2D eigenvalue weighted by Crippen LogP contribution is -2.39. The topological polar surface area (TPSA) is 63.4 Å². The summed E-state index contributed by atoms with van der Waals surface area (Å²) in [4.78, 5) is -0.536. The highest BCUT2D eigenvalue weighted by Gasteiger charge is 2.37. The summed E-state index contributed by atoms with van der Waals surface area (Å²) in [6.45, 7) is -0.974. The Kier molecular flexibility index (Phi) is 5.11. The zero-order chi connectivity index (χ0) is 15.6. The molecular weight excluding hydrogens is 300 g/mol. The van der Waals surface area contributed by atoms with Gasteiger partial charge in [0.1, 0.15) is 12.4 Å². The van der Waals surface area contributed by atoms with Crippen molar-refractivity contribution in [3.63, 3.8) is 0 Å². The Morgan fingerprint density at radius 2 is 1.90 bits per heavy atom. The van der Waals surface area contributed by atoms with E-state index >= 15 is 0 Å². The summed E-state index contributed by atoms with van der Waals surface area (Å²) in [6.07, 6.45) is -4.68. The average Bonchev–Trinajstić information content (AvgIpc) is 2.34. The lowest BCUT2D eigenvalue weighted by molar-refractivity contribution is -0.135. The van der Waals surface area contributed by atoms with Crippen LogP contribution in [0.4, 0.5) is 17.6 Å². The van der Waals surface area contributed by atoms with Crippen LogP contribution in [0.3, 0.4) is 0 Å². The van der Waals surface area contributed by atoms with E-state index in [1.54, 1.807) is 0 Å². The Labute approximate surface area is 114 Å². The third-order valence-corrected chi connectivity index (χ3v) is 4.58. The third kappa shape index (κ3) is 3.90. The molecule has 0 radical (unpaired) electrons. The highest BCUT2D eigenvalue weighted by molar-refractivity contribution is 7.89. The first kappa shape index (κ1) is 16.9. The lowest BCUT2D eigenvalue weighted by Gasteiger charge is -2.23. The van der Waals surface area contributed by atoms with Gasteiger partial charge in [-0.15, -0.1) is 0 Å².